The Hall–Kier alpha value is -1.80. The zero-order valence-corrected chi connectivity index (χ0v) is 13.9. The molecule has 1 atom stereocenters. The van der Waals surface area contributed by atoms with Gasteiger partial charge in [0.2, 0.25) is 0 Å². The van der Waals surface area contributed by atoms with Gasteiger partial charge in [-0.1, -0.05) is 36.4 Å². The van der Waals surface area contributed by atoms with E-state index < -0.39 is 0 Å². The van der Waals surface area contributed by atoms with E-state index in [9.17, 15) is 0 Å². The Morgan fingerprint density at radius 2 is 1.86 bits per heavy atom. The van der Waals surface area contributed by atoms with E-state index in [1.807, 2.05) is 0 Å². The first-order valence-corrected chi connectivity index (χ1v) is 8.02. The molecule has 0 radical (unpaired) electrons. The highest BCUT2D eigenvalue weighted by Gasteiger charge is 2.34. The maximum atomic E-state index is 6.22. The van der Waals surface area contributed by atoms with Gasteiger partial charge in [-0.25, -0.2) is 0 Å². The molecule has 0 fully saturated rings. The molecule has 0 aromatic heterocycles. The van der Waals surface area contributed by atoms with Crippen LogP contribution in [0, 0.1) is 13.8 Å². The van der Waals surface area contributed by atoms with Crippen molar-refractivity contribution in [2.24, 2.45) is 0 Å². The van der Waals surface area contributed by atoms with Gasteiger partial charge in [0, 0.05) is 24.6 Å². The summed E-state index contributed by atoms with van der Waals surface area (Å²) in [6.45, 7) is 9.54. The number of benzene rings is 2. The number of rotatable bonds is 3. The molecule has 3 rings (SSSR count). The second kappa shape index (κ2) is 5.77. The Morgan fingerprint density at radius 1 is 1.14 bits per heavy atom. The van der Waals surface area contributed by atoms with E-state index in [4.69, 9.17) is 4.74 Å². The summed E-state index contributed by atoms with van der Waals surface area (Å²) in [6, 6.07) is 15.3. The van der Waals surface area contributed by atoms with Gasteiger partial charge in [0.05, 0.1) is 0 Å². The molecule has 1 aliphatic rings. The molecule has 2 nitrogen and oxygen atoms in total. The fraction of sp³-hybridized carbons (Fsp3) is 0.400. The van der Waals surface area contributed by atoms with Crippen LogP contribution in [0.4, 0.5) is 0 Å². The van der Waals surface area contributed by atoms with Crippen molar-refractivity contribution < 1.29 is 4.74 Å². The molecular formula is C20H25NO. The molecule has 1 aliphatic heterocycles. The van der Waals surface area contributed by atoms with Crippen LogP contribution in [0.3, 0.4) is 0 Å². The first kappa shape index (κ1) is 15.1. The Balaban J connectivity index is 1.88. The van der Waals surface area contributed by atoms with Crippen LogP contribution in [-0.2, 0) is 6.54 Å². The average Bonchev–Trinajstić information content (AvgIpc) is 2.43. The van der Waals surface area contributed by atoms with Gasteiger partial charge in [0.15, 0.2) is 0 Å². The first-order chi connectivity index (χ1) is 10.4. The molecule has 0 saturated heterocycles. The van der Waals surface area contributed by atoms with Crippen molar-refractivity contribution >= 4 is 0 Å². The standard InChI is InChI=1S/C20H25NO/c1-14-10-15(2)19-17(12-20(3,4)22-18(19)11-14)21-13-16-8-6-5-7-9-16/h5-11,17,21H,12-13H2,1-4H3. The van der Waals surface area contributed by atoms with Crippen LogP contribution < -0.4 is 10.1 Å². The average molecular weight is 295 g/mol. The highest BCUT2D eigenvalue weighted by Crippen LogP contribution is 2.41. The summed E-state index contributed by atoms with van der Waals surface area (Å²) in [7, 11) is 0. The molecule has 0 bridgehead atoms. The van der Waals surface area contributed by atoms with E-state index in [2.05, 4.69) is 75.5 Å². The summed E-state index contributed by atoms with van der Waals surface area (Å²) >= 11 is 0. The third-order valence-corrected chi connectivity index (χ3v) is 4.32. The van der Waals surface area contributed by atoms with Gasteiger partial charge in [-0.3, -0.25) is 0 Å². The molecule has 2 aromatic carbocycles. The van der Waals surface area contributed by atoms with Crippen molar-refractivity contribution in [2.75, 3.05) is 0 Å². The lowest BCUT2D eigenvalue weighted by molar-refractivity contribution is 0.0653. The Labute approximate surface area is 133 Å². The highest BCUT2D eigenvalue weighted by atomic mass is 16.5. The zero-order valence-electron chi connectivity index (χ0n) is 13.9. The second-order valence-electron chi connectivity index (χ2n) is 6.98. The third kappa shape index (κ3) is 3.17. The van der Waals surface area contributed by atoms with Crippen molar-refractivity contribution in [2.45, 2.75) is 52.3 Å². The lowest BCUT2D eigenvalue weighted by atomic mass is 9.86. The predicted octanol–water partition coefficient (Wildman–Crippen LogP) is 4.70. The molecule has 1 N–H and O–H groups in total. The number of nitrogens with one attached hydrogen (secondary N) is 1. The smallest absolute Gasteiger partial charge is 0.125 e. The molecule has 0 amide bonds. The molecule has 0 saturated carbocycles. The predicted molar refractivity (Wildman–Crippen MR) is 91.3 cm³/mol. The van der Waals surface area contributed by atoms with Gasteiger partial charge in [0.25, 0.3) is 0 Å². The fourth-order valence-electron chi connectivity index (χ4n) is 3.41. The molecule has 2 aromatic rings. The number of hydrogen-bond donors (Lipinski definition) is 1. The topological polar surface area (TPSA) is 21.3 Å². The van der Waals surface area contributed by atoms with Crippen LogP contribution in [0.1, 0.15) is 48.6 Å². The van der Waals surface area contributed by atoms with Gasteiger partial charge in [-0.05, 0) is 50.5 Å². The van der Waals surface area contributed by atoms with Crippen molar-refractivity contribution in [3.8, 4) is 5.75 Å². The molecular weight excluding hydrogens is 270 g/mol. The molecule has 0 aliphatic carbocycles. The molecule has 2 heteroatoms. The monoisotopic (exact) mass is 295 g/mol. The van der Waals surface area contributed by atoms with E-state index in [0.29, 0.717) is 6.04 Å². The lowest BCUT2D eigenvalue weighted by Crippen LogP contribution is -2.39. The summed E-state index contributed by atoms with van der Waals surface area (Å²) in [4.78, 5) is 0. The molecule has 1 unspecified atom stereocenters. The largest absolute Gasteiger partial charge is 0.487 e. The SMILES string of the molecule is Cc1cc(C)c2c(c1)OC(C)(C)CC2NCc1ccccc1. The minimum absolute atomic E-state index is 0.137. The Morgan fingerprint density at radius 3 is 2.59 bits per heavy atom. The first-order valence-electron chi connectivity index (χ1n) is 8.02. The van der Waals surface area contributed by atoms with Crippen molar-refractivity contribution in [3.63, 3.8) is 0 Å². The van der Waals surface area contributed by atoms with Crippen molar-refractivity contribution in [3.05, 3.63) is 64.7 Å². The van der Waals surface area contributed by atoms with Crippen LogP contribution in [0.15, 0.2) is 42.5 Å². The van der Waals surface area contributed by atoms with Gasteiger partial charge in [0.1, 0.15) is 11.4 Å². The Kier molecular flexibility index (Phi) is 3.96. The van der Waals surface area contributed by atoms with E-state index in [-0.39, 0.29) is 5.60 Å². The molecule has 1 heterocycles. The van der Waals surface area contributed by atoms with E-state index in [1.165, 1.54) is 22.3 Å². The summed E-state index contributed by atoms with van der Waals surface area (Å²) in [5.41, 5.74) is 5.08. The van der Waals surface area contributed by atoms with Crippen molar-refractivity contribution in [1.29, 1.82) is 0 Å². The van der Waals surface area contributed by atoms with Gasteiger partial charge in [-0.2, -0.15) is 0 Å². The van der Waals surface area contributed by atoms with E-state index in [0.717, 1.165) is 18.7 Å². The fourth-order valence-corrected chi connectivity index (χ4v) is 3.41. The molecule has 116 valence electrons. The Bertz CT molecular complexity index is 661. The van der Waals surface area contributed by atoms with Crippen LogP contribution in [0.25, 0.3) is 0 Å². The molecule has 22 heavy (non-hydrogen) atoms. The zero-order chi connectivity index (χ0) is 15.7. The van der Waals surface area contributed by atoms with Gasteiger partial charge in [-0.15, -0.1) is 0 Å². The number of aryl methyl sites for hydroxylation is 2. The van der Waals surface area contributed by atoms with Crippen LogP contribution in [0.2, 0.25) is 0 Å². The molecule has 0 spiro atoms. The summed E-state index contributed by atoms with van der Waals surface area (Å²) in [5.74, 6) is 1.04. The van der Waals surface area contributed by atoms with Crippen LogP contribution in [0.5, 0.6) is 5.75 Å². The van der Waals surface area contributed by atoms with Crippen molar-refractivity contribution in [1.82, 2.24) is 5.32 Å². The quantitative estimate of drug-likeness (QED) is 0.886. The summed E-state index contributed by atoms with van der Waals surface area (Å²) in [6.07, 6.45) is 0.983. The third-order valence-electron chi connectivity index (χ3n) is 4.32. The maximum Gasteiger partial charge on any atom is 0.125 e. The number of ether oxygens (including phenoxy) is 1. The summed E-state index contributed by atoms with van der Waals surface area (Å²) in [5, 5.41) is 3.73. The summed E-state index contributed by atoms with van der Waals surface area (Å²) < 4.78 is 6.22. The minimum atomic E-state index is -0.137. The maximum absolute atomic E-state index is 6.22. The minimum Gasteiger partial charge on any atom is -0.487 e. The van der Waals surface area contributed by atoms with E-state index in [1.54, 1.807) is 0 Å². The number of fused-ring (bicyclic) bond motifs is 1. The van der Waals surface area contributed by atoms with Gasteiger partial charge < -0.3 is 10.1 Å². The normalized spacial score (nSPS) is 19.4. The second-order valence-corrected chi connectivity index (χ2v) is 6.98. The van der Waals surface area contributed by atoms with Crippen LogP contribution in [-0.4, -0.2) is 5.60 Å². The van der Waals surface area contributed by atoms with Gasteiger partial charge >= 0.3 is 0 Å². The number of hydrogen-bond acceptors (Lipinski definition) is 2. The highest BCUT2D eigenvalue weighted by molar-refractivity contribution is 5.47. The van der Waals surface area contributed by atoms with E-state index >= 15 is 0 Å². The van der Waals surface area contributed by atoms with Crippen LogP contribution >= 0.6 is 0 Å². The lowest BCUT2D eigenvalue weighted by Gasteiger charge is -2.39.